The zero-order valence-corrected chi connectivity index (χ0v) is 10.4. The molecule has 3 heteroatoms. The largest absolute Gasteiger partial charge is 0.296 e. The summed E-state index contributed by atoms with van der Waals surface area (Å²) < 4.78 is 27.1. The maximum Gasteiger partial charge on any atom is 0.255 e. The average Bonchev–Trinajstić information content (AvgIpc) is 2.44. The summed E-state index contributed by atoms with van der Waals surface area (Å²) in [6.07, 6.45) is 3.14. The lowest BCUT2D eigenvalue weighted by Crippen LogP contribution is -2.48. The van der Waals surface area contributed by atoms with Gasteiger partial charge in [0.2, 0.25) is 0 Å². The molecule has 1 saturated carbocycles. The molecule has 16 heavy (non-hydrogen) atoms. The second-order valence-electron chi connectivity index (χ2n) is 7.15. The van der Waals surface area contributed by atoms with Crippen LogP contribution in [0.2, 0.25) is 0 Å². The molecular formula is C13H21F2N. The Kier molecular flexibility index (Phi) is 1.80. The van der Waals surface area contributed by atoms with Gasteiger partial charge in [0.1, 0.15) is 0 Å². The van der Waals surface area contributed by atoms with Crippen molar-refractivity contribution in [3.8, 4) is 0 Å². The molecule has 0 aromatic heterocycles. The van der Waals surface area contributed by atoms with Gasteiger partial charge in [-0.2, -0.15) is 0 Å². The van der Waals surface area contributed by atoms with Crippen molar-refractivity contribution >= 4 is 0 Å². The van der Waals surface area contributed by atoms with Crippen LogP contribution in [0.25, 0.3) is 0 Å². The van der Waals surface area contributed by atoms with Crippen LogP contribution >= 0.6 is 0 Å². The molecule has 0 radical (unpaired) electrons. The van der Waals surface area contributed by atoms with E-state index in [-0.39, 0.29) is 17.4 Å². The molecule has 2 atom stereocenters. The summed E-state index contributed by atoms with van der Waals surface area (Å²) in [5.74, 6) is -2.38. The lowest BCUT2D eigenvalue weighted by Gasteiger charge is -2.44. The number of alkyl halides is 2. The molecule has 2 aliphatic heterocycles. The van der Waals surface area contributed by atoms with Crippen LogP contribution in [0.3, 0.4) is 0 Å². The van der Waals surface area contributed by atoms with Crippen molar-refractivity contribution in [1.29, 1.82) is 0 Å². The molecule has 1 aliphatic carbocycles. The van der Waals surface area contributed by atoms with Gasteiger partial charge in [-0.3, -0.25) is 4.90 Å². The van der Waals surface area contributed by atoms with Crippen LogP contribution in [0.5, 0.6) is 0 Å². The number of hydrogen-bond donors (Lipinski definition) is 0. The van der Waals surface area contributed by atoms with E-state index in [0.717, 1.165) is 19.4 Å². The van der Waals surface area contributed by atoms with Crippen molar-refractivity contribution in [1.82, 2.24) is 4.90 Å². The molecule has 2 unspecified atom stereocenters. The Labute approximate surface area is 96.2 Å². The van der Waals surface area contributed by atoms with Crippen molar-refractivity contribution in [2.45, 2.75) is 57.9 Å². The van der Waals surface area contributed by atoms with Crippen LogP contribution in [0.1, 0.15) is 46.5 Å². The van der Waals surface area contributed by atoms with E-state index in [1.165, 1.54) is 6.42 Å². The topological polar surface area (TPSA) is 3.24 Å². The Balaban J connectivity index is 1.94. The Morgan fingerprint density at radius 3 is 2.19 bits per heavy atom. The highest BCUT2D eigenvalue weighted by Crippen LogP contribution is 2.71. The summed E-state index contributed by atoms with van der Waals surface area (Å²) in [4.78, 5) is 2.37. The number of hydrogen-bond acceptors (Lipinski definition) is 1. The highest BCUT2D eigenvalue weighted by Gasteiger charge is 2.78. The second-order valence-corrected chi connectivity index (χ2v) is 7.15. The van der Waals surface area contributed by atoms with Gasteiger partial charge in [-0.15, -0.1) is 0 Å². The molecule has 0 bridgehead atoms. The summed E-state index contributed by atoms with van der Waals surface area (Å²) in [6, 6.07) is 0. The molecule has 0 N–H and O–H groups in total. The molecule has 92 valence electrons. The minimum absolute atomic E-state index is 0.0485. The van der Waals surface area contributed by atoms with Crippen LogP contribution in [-0.2, 0) is 0 Å². The lowest BCUT2D eigenvalue weighted by molar-refractivity contribution is 0.0558. The summed E-state index contributed by atoms with van der Waals surface area (Å²) in [5.41, 5.74) is -0.487. The fourth-order valence-electron chi connectivity index (χ4n) is 4.20. The van der Waals surface area contributed by atoms with E-state index < -0.39 is 11.3 Å². The normalized spacial score (nSPS) is 46.3. The van der Waals surface area contributed by atoms with Crippen LogP contribution in [0.15, 0.2) is 0 Å². The van der Waals surface area contributed by atoms with E-state index in [2.05, 4.69) is 25.7 Å². The SMILES string of the molecule is CC(C)(C)C12CCCN1CC1(CC1(F)F)C2. The summed E-state index contributed by atoms with van der Waals surface area (Å²) in [6.45, 7) is 8.30. The van der Waals surface area contributed by atoms with E-state index in [1.807, 2.05) is 0 Å². The predicted molar refractivity (Wildman–Crippen MR) is 59.6 cm³/mol. The monoisotopic (exact) mass is 229 g/mol. The van der Waals surface area contributed by atoms with Gasteiger partial charge in [0.25, 0.3) is 5.92 Å². The first-order valence-corrected chi connectivity index (χ1v) is 6.36. The summed E-state index contributed by atoms with van der Waals surface area (Å²) in [7, 11) is 0. The molecular weight excluding hydrogens is 208 g/mol. The molecule has 3 fully saturated rings. The smallest absolute Gasteiger partial charge is 0.255 e. The standard InChI is InChI=1S/C13H21F2N/c1-10(2,3)12-5-4-6-16(12)9-11(7-12)8-13(11,14)15/h4-9H2,1-3H3. The zero-order valence-electron chi connectivity index (χ0n) is 10.4. The maximum atomic E-state index is 13.5. The molecule has 0 amide bonds. The number of nitrogens with zero attached hydrogens (tertiary/aromatic N) is 1. The van der Waals surface area contributed by atoms with Gasteiger partial charge in [0.15, 0.2) is 0 Å². The third-order valence-electron chi connectivity index (χ3n) is 5.36. The minimum atomic E-state index is -2.38. The lowest BCUT2D eigenvalue weighted by atomic mass is 9.69. The van der Waals surface area contributed by atoms with E-state index in [0.29, 0.717) is 6.54 Å². The molecule has 3 aliphatic rings. The number of fused-ring (bicyclic) bond motifs is 1. The Bertz CT molecular complexity index is 333. The molecule has 3 rings (SSSR count). The van der Waals surface area contributed by atoms with Crippen LogP contribution in [0, 0.1) is 10.8 Å². The second kappa shape index (κ2) is 2.63. The third-order valence-corrected chi connectivity index (χ3v) is 5.36. The van der Waals surface area contributed by atoms with Gasteiger partial charge >= 0.3 is 0 Å². The van der Waals surface area contributed by atoms with Crippen LogP contribution < -0.4 is 0 Å². The van der Waals surface area contributed by atoms with Crippen LogP contribution in [-0.4, -0.2) is 29.5 Å². The van der Waals surface area contributed by atoms with E-state index >= 15 is 0 Å². The van der Waals surface area contributed by atoms with Crippen molar-refractivity contribution in [2.24, 2.45) is 10.8 Å². The molecule has 1 spiro atoms. The quantitative estimate of drug-likeness (QED) is 0.616. The van der Waals surface area contributed by atoms with E-state index in [9.17, 15) is 8.78 Å². The first-order chi connectivity index (χ1) is 7.23. The number of rotatable bonds is 0. The molecule has 2 heterocycles. The maximum absolute atomic E-state index is 13.5. The van der Waals surface area contributed by atoms with Crippen molar-refractivity contribution in [3.05, 3.63) is 0 Å². The van der Waals surface area contributed by atoms with Gasteiger partial charge in [-0.25, -0.2) is 8.78 Å². The highest BCUT2D eigenvalue weighted by atomic mass is 19.3. The fraction of sp³-hybridized carbons (Fsp3) is 1.00. The van der Waals surface area contributed by atoms with Crippen molar-refractivity contribution < 1.29 is 8.78 Å². The number of halogens is 2. The Hall–Kier alpha value is -0.180. The molecule has 0 aromatic carbocycles. The Morgan fingerprint density at radius 2 is 1.75 bits per heavy atom. The fourth-order valence-corrected chi connectivity index (χ4v) is 4.20. The first-order valence-electron chi connectivity index (χ1n) is 6.36. The summed E-state index contributed by atoms with van der Waals surface area (Å²) in [5, 5.41) is 0. The van der Waals surface area contributed by atoms with Gasteiger partial charge < -0.3 is 0 Å². The molecule has 0 aromatic rings. The van der Waals surface area contributed by atoms with Crippen molar-refractivity contribution in [2.75, 3.05) is 13.1 Å². The van der Waals surface area contributed by atoms with Gasteiger partial charge in [0, 0.05) is 18.5 Å². The third kappa shape index (κ3) is 1.08. The zero-order chi connectivity index (χ0) is 11.8. The first kappa shape index (κ1) is 10.9. The van der Waals surface area contributed by atoms with Gasteiger partial charge in [0.05, 0.1) is 5.41 Å². The van der Waals surface area contributed by atoms with Gasteiger partial charge in [-0.05, 0) is 31.2 Å². The average molecular weight is 229 g/mol. The molecule has 2 saturated heterocycles. The van der Waals surface area contributed by atoms with Crippen LogP contribution in [0.4, 0.5) is 8.78 Å². The predicted octanol–water partition coefficient (Wildman–Crippen LogP) is 3.30. The Morgan fingerprint density at radius 1 is 1.12 bits per heavy atom. The molecule has 1 nitrogen and oxygen atoms in total. The van der Waals surface area contributed by atoms with Gasteiger partial charge in [-0.1, -0.05) is 20.8 Å². The van der Waals surface area contributed by atoms with E-state index in [1.54, 1.807) is 0 Å². The van der Waals surface area contributed by atoms with Crippen molar-refractivity contribution in [3.63, 3.8) is 0 Å². The minimum Gasteiger partial charge on any atom is -0.296 e. The van der Waals surface area contributed by atoms with E-state index in [4.69, 9.17) is 0 Å². The summed E-state index contributed by atoms with van der Waals surface area (Å²) >= 11 is 0. The highest BCUT2D eigenvalue weighted by molar-refractivity contribution is 5.24.